The van der Waals surface area contributed by atoms with Crippen molar-refractivity contribution in [1.82, 2.24) is 0 Å². The van der Waals surface area contributed by atoms with E-state index >= 15 is 0 Å². The molecule has 0 N–H and O–H groups in total. The van der Waals surface area contributed by atoms with Crippen molar-refractivity contribution in [3.05, 3.63) is 11.8 Å². The Morgan fingerprint density at radius 3 is 2.15 bits per heavy atom. The fourth-order valence-corrected chi connectivity index (χ4v) is 11.4. The Morgan fingerprint density at radius 1 is 1.12 bits per heavy atom. The fourth-order valence-electron chi connectivity index (χ4n) is 5.91. The first kappa shape index (κ1) is 21.9. The van der Waals surface area contributed by atoms with Crippen LogP contribution in [0.2, 0.25) is 16.6 Å². The second kappa shape index (κ2) is 7.94. The van der Waals surface area contributed by atoms with E-state index in [4.69, 9.17) is 18.6 Å². The summed E-state index contributed by atoms with van der Waals surface area (Å²) in [5.41, 5.74) is 1.29. The summed E-state index contributed by atoms with van der Waals surface area (Å²) in [6.45, 7) is 16.7. The molecular formula is C21H40O4Si. The lowest BCUT2D eigenvalue weighted by Gasteiger charge is -2.49. The Morgan fingerprint density at radius 2 is 1.69 bits per heavy atom. The number of fused-ring (bicyclic) bond motifs is 1. The molecule has 0 spiro atoms. The van der Waals surface area contributed by atoms with Gasteiger partial charge in [0.05, 0.1) is 19.8 Å². The summed E-state index contributed by atoms with van der Waals surface area (Å²) in [6, 6.07) is 0. The van der Waals surface area contributed by atoms with Gasteiger partial charge in [0, 0.05) is 13.5 Å². The third-order valence-corrected chi connectivity index (χ3v) is 12.9. The van der Waals surface area contributed by atoms with Gasteiger partial charge in [-0.1, -0.05) is 41.5 Å². The van der Waals surface area contributed by atoms with Crippen LogP contribution < -0.4 is 0 Å². The van der Waals surface area contributed by atoms with Crippen LogP contribution in [0.1, 0.15) is 67.7 Å². The van der Waals surface area contributed by atoms with Crippen molar-refractivity contribution in [1.29, 1.82) is 0 Å². The molecule has 2 rings (SSSR count). The summed E-state index contributed by atoms with van der Waals surface area (Å²) < 4.78 is 25.3. The van der Waals surface area contributed by atoms with Gasteiger partial charge in [-0.05, 0) is 42.5 Å². The van der Waals surface area contributed by atoms with E-state index in [0.717, 1.165) is 25.0 Å². The highest BCUT2D eigenvalue weighted by Gasteiger charge is 2.64. The first-order valence-corrected chi connectivity index (χ1v) is 12.4. The summed E-state index contributed by atoms with van der Waals surface area (Å²) in [6.07, 6.45) is 4.98. The normalized spacial score (nSPS) is 32.3. The molecule has 152 valence electrons. The zero-order valence-corrected chi connectivity index (χ0v) is 19.3. The Balaban J connectivity index is 2.45. The Labute approximate surface area is 161 Å². The molecule has 1 aliphatic heterocycles. The molecule has 0 amide bonds. The molecule has 0 aromatic rings. The van der Waals surface area contributed by atoms with Gasteiger partial charge in [-0.3, -0.25) is 0 Å². The molecule has 0 radical (unpaired) electrons. The van der Waals surface area contributed by atoms with E-state index in [1.165, 1.54) is 0 Å². The average molecular weight is 385 g/mol. The van der Waals surface area contributed by atoms with Crippen LogP contribution in [0, 0.1) is 5.41 Å². The Hall–Kier alpha value is -0.363. The molecular weight excluding hydrogens is 344 g/mol. The van der Waals surface area contributed by atoms with Crippen molar-refractivity contribution in [3.8, 4) is 0 Å². The van der Waals surface area contributed by atoms with Crippen LogP contribution in [0.5, 0.6) is 0 Å². The molecule has 1 heterocycles. The molecule has 0 bridgehead atoms. The van der Waals surface area contributed by atoms with Gasteiger partial charge in [-0.25, -0.2) is 0 Å². The number of hydrogen-bond acceptors (Lipinski definition) is 4. The molecule has 0 aromatic carbocycles. The molecule has 1 fully saturated rings. The molecule has 1 unspecified atom stereocenters. The van der Waals surface area contributed by atoms with Crippen molar-refractivity contribution in [2.45, 2.75) is 96.2 Å². The van der Waals surface area contributed by atoms with E-state index in [9.17, 15) is 0 Å². The second-order valence-electron chi connectivity index (χ2n) is 9.09. The van der Waals surface area contributed by atoms with Gasteiger partial charge in [0.1, 0.15) is 11.2 Å². The number of ether oxygens (including phenoxy) is 3. The molecule has 0 aromatic heterocycles. The number of allylic oxidation sites excluding steroid dienone is 1. The maximum absolute atomic E-state index is 7.02. The van der Waals surface area contributed by atoms with Crippen molar-refractivity contribution >= 4 is 8.32 Å². The Kier molecular flexibility index (Phi) is 6.70. The summed E-state index contributed by atoms with van der Waals surface area (Å²) in [5.74, 6) is 0.339. The molecule has 26 heavy (non-hydrogen) atoms. The van der Waals surface area contributed by atoms with E-state index in [1.54, 1.807) is 14.2 Å². The quantitative estimate of drug-likeness (QED) is 0.507. The predicted octanol–water partition coefficient (Wildman–Crippen LogP) is 5.64. The van der Waals surface area contributed by atoms with Crippen molar-refractivity contribution < 1.29 is 18.6 Å². The van der Waals surface area contributed by atoms with Crippen LogP contribution in [0.25, 0.3) is 0 Å². The molecule has 1 saturated heterocycles. The van der Waals surface area contributed by atoms with Gasteiger partial charge < -0.3 is 18.6 Å². The summed E-state index contributed by atoms with van der Waals surface area (Å²) in [7, 11) is 1.55. The van der Waals surface area contributed by atoms with Crippen molar-refractivity contribution in [3.63, 3.8) is 0 Å². The minimum absolute atomic E-state index is 0.128. The molecule has 2 aliphatic rings. The lowest BCUT2D eigenvalue weighted by Crippen LogP contribution is -2.56. The molecule has 0 saturated carbocycles. The van der Waals surface area contributed by atoms with Crippen LogP contribution in [0.4, 0.5) is 0 Å². The second-order valence-corrected chi connectivity index (χ2v) is 14.5. The van der Waals surface area contributed by atoms with Gasteiger partial charge in [0.15, 0.2) is 14.1 Å². The smallest absolute Gasteiger partial charge is 0.200 e. The van der Waals surface area contributed by atoms with E-state index in [1.807, 2.05) is 0 Å². The number of rotatable bonds is 8. The molecule has 3 atom stereocenters. The average Bonchev–Trinajstić information content (AvgIpc) is 2.86. The minimum atomic E-state index is -1.98. The maximum atomic E-state index is 7.02. The standard InChI is InChI=1S/C21H40O4Si/c1-15(2)26(16(3)4,17(5)6)24-14-20-13-18(7)25-21(20,23-9)12-10-11-19(20)22-8/h11,15-18H,10,12-14H2,1-9H3/t18?,20-,21-/m1/s1. The van der Waals surface area contributed by atoms with Crippen molar-refractivity contribution in [2.24, 2.45) is 5.41 Å². The zero-order chi connectivity index (χ0) is 19.8. The monoisotopic (exact) mass is 384 g/mol. The maximum Gasteiger partial charge on any atom is 0.200 e. The summed E-state index contributed by atoms with van der Waals surface area (Å²) in [5, 5.41) is 0. The van der Waals surface area contributed by atoms with Crippen molar-refractivity contribution in [2.75, 3.05) is 20.8 Å². The van der Waals surface area contributed by atoms with E-state index in [2.05, 4.69) is 54.5 Å². The third kappa shape index (κ3) is 3.19. The largest absolute Gasteiger partial charge is 0.501 e. The lowest BCUT2D eigenvalue weighted by atomic mass is 9.71. The summed E-state index contributed by atoms with van der Waals surface area (Å²) in [4.78, 5) is 0. The summed E-state index contributed by atoms with van der Waals surface area (Å²) >= 11 is 0. The van der Waals surface area contributed by atoms with Crippen LogP contribution in [0.15, 0.2) is 11.8 Å². The van der Waals surface area contributed by atoms with Gasteiger partial charge in [0.2, 0.25) is 0 Å². The predicted molar refractivity (Wildman–Crippen MR) is 109 cm³/mol. The number of methoxy groups -OCH3 is 2. The van der Waals surface area contributed by atoms with Gasteiger partial charge in [0.25, 0.3) is 0 Å². The lowest BCUT2D eigenvalue weighted by molar-refractivity contribution is -0.265. The number of hydrogen-bond donors (Lipinski definition) is 0. The van der Waals surface area contributed by atoms with E-state index in [0.29, 0.717) is 23.2 Å². The zero-order valence-electron chi connectivity index (χ0n) is 18.3. The first-order valence-electron chi connectivity index (χ1n) is 10.2. The highest BCUT2D eigenvalue weighted by Crippen LogP contribution is 2.58. The fraction of sp³-hybridized carbons (Fsp3) is 0.905. The van der Waals surface area contributed by atoms with Gasteiger partial charge in [-0.2, -0.15) is 0 Å². The van der Waals surface area contributed by atoms with E-state index < -0.39 is 14.1 Å². The van der Waals surface area contributed by atoms with Crippen LogP contribution >= 0.6 is 0 Å². The first-order chi connectivity index (χ1) is 12.1. The topological polar surface area (TPSA) is 36.9 Å². The molecule has 5 heteroatoms. The van der Waals surface area contributed by atoms with Gasteiger partial charge >= 0.3 is 0 Å². The highest BCUT2D eigenvalue weighted by atomic mass is 28.4. The Bertz CT molecular complexity index is 494. The highest BCUT2D eigenvalue weighted by molar-refractivity contribution is 6.77. The third-order valence-electron chi connectivity index (χ3n) is 6.86. The van der Waals surface area contributed by atoms with Crippen LogP contribution in [-0.4, -0.2) is 41.0 Å². The molecule has 1 aliphatic carbocycles. The van der Waals surface area contributed by atoms with Crippen LogP contribution in [-0.2, 0) is 18.6 Å². The SMILES string of the molecule is COC1=CCC[C@@]2(OC)OC(C)C[C@@]12CO[Si](C(C)C)(C(C)C)C(C)C. The molecule has 4 nitrogen and oxygen atoms in total. The van der Waals surface area contributed by atoms with Crippen LogP contribution in [0.3, 0.4) is 0 Å². The van der Waals surface area contributed by atoms with Gasteiger partial charge in [-0.15, -0.1) is 0 Å². The van der Waals surface area contributed by atoms with E-state index in [-0.39, 0.29) is 11.5 Å². The minimum Gasteiger partial charge on any atom is -0.501 e.